The van der Waals surface area contributed by atoms with Crippen LogP contribution in [0.5, 0.6) is 0 Å². The van der Waals surface area contributed by atoms with Crippen molar-refractivity contribution in [1.82, 2.24) is 0 Å². The maximum absolute atomic E-state index is 13.4. The molecule has 1 atom stereocenters. The van der Waals surface area contributed by atoms with Gasteiger partial charge in [0, 0.05) is 5.69 Å². The van der Waals surface area contributed by atoms with Crippen molar-refractivity contribution in [3.8, 4) is 0 Å². The largest absolute Gasteiger partial charge is 0.394 e. The highest BCUT2D eigenvalue weighted by molar-refractivity contribution is 5.48. The van der Waals surface area contributed by atoms with Gasteiger partial charge in [-0.05, 0) is 44.0 Å². The van der Waals surface area contributed by atoms with Gasteiger partial charge in [0.2, 0.25) is 0 Å². The number of aliphatic hydroxyl groups excluding tert-OH is 1. The lowest BCUT2D eigenvalue weighted by molar-refractivity contribution is 0.211. The Balaban J connectivity index is 2.55. The molecular formula is C17H28FNO. The summed E-state index contributed by atoms with van der Waals surface area (Å²) in [6.07, 6.45) is 6.91. The van der Waals surface area contributed by atoms with Crippen LogP contribution in [0.1, 0.15) is 57.9 Å². The van der Waals surface area contributed by atoms with E-state index in [4.69, 9.17) is 0 Å². The zero-order valence-corrected chi connectivity index (χ0v) is 13.0. The maximum atomic E-state index is 13.4. The molecule has 0 aliphatic heterocycles. The predicted octanol–water partition coefficient (Wildman–Crippen LogP) is 4.66. The molecule has 0 bridgehead atoms. The number of unbranched alkanes of at least 4 members (excludes halogenated alkanes) is 4. The Bertz CT molecular complexity index is 388. The molecule has 0 aliphatic carbocycles. The molecule has 114 valence electrons. The van der Waals surface area contributed by atoms with E-state index in [2.05, 4.69) is 12.2 Å². The van der Waals surface area contributed by atoms with E-state index in [0.29, 0.717) is 0 Å². The molecule has 3 heteroatoms. The third kappa shape index (κ3) is 5.91. The molecule has 0 saturated heterocycles. The van der Waals surface area contributed by atoms with Crippen molar-refractivity contribution in [2.45, 2.75) is 64.8 Å². The number of rotatable bonds is 9. The minimum absolute atomic E-state index is 0.0519. The zero-order valence-electron chi connectivity index (χ0n) is 13.0. The molecule has 0 fully saturated rings. The fourth-order valence-electron chi connectivity index (χ4n) is 2.46. The van der Waals surface area contributed by atoms with Crippen LogP contribution in [0.4, 0.5) is 10.1 Å². The number of nitrogens with one attached hydrogen (secondary N) is 1. The summed E-state index contributed by atoms with van der Waals surface area (Å²) < 4.78 is 13.4. The van der Waals surface area contributed by atoms with Crippen molar-refractivity contribution in [1.29, 1.82) is 0 Å². The smallest absolute Gasteiger partial charge is 0.125 e. The molecule has 2 nitrogen and oxygen atoms in total. The van der Waals surface area contributed by atoms with Gasteiger partial charge in [0.25, 0.3) is 0 Å². The minimum atomic E-state index is -0.382. The van der Waals surface area contributed by atoms with Crippen LogP contribution in [0.3, 0.4) is 0 Å². The fourth-order valence-corrected chi connectivity index (χ4v) is 2.46. The molecule has 20 heavy (non-hydrogen) atoms. The fraction of sp³-hybridized carbons (Fsp3) is 0.647. The van der Waals surface area contributed by atoms with Gasteiger partial charge in [-0.15, -0.1) is 0 Å². The van der Waals surface area contributed by atoms with Gasteiger partial charge in [0.15, 0.2) is 0 Å². The Hall–Kier alpha value is -1.09. The summed E-state index contributed by atoms with van der Waals surface area (Å²) in [6.45, 7) is 6.12. The van der Waals surface area contributed by atoms with E-state index in [0.717, 1.165) is 24.1 Å². The average molecular weight is 281 g/mol. The van der Waals surface area contributed by atoms with Gasteiger partial charge in [-0.1, -0.05) is 39.0 Å². The van der Waals surface area contributed by atoms with E-state index in [1.807, 2.05) is 19.9 Å². The first-order valence-electron chi connectivity index (χ1n) is 7.65. The van der Waals surface area contributed by atoms with Crippen molar-refractivity contribution in [3.05, 3.63) is 29.6 Å². The SMILES string of the molecule is CCCCCCCC(C)(CO)Nc1cc(C)cc(F)c1. The van der Waals surface area contributed by atoms with Crippen LogP contribution >= 0.6 is 0 Å². The Morgan fingerprint density at radius 1 is 1.15 bits per heavy atom. The van der Waals surface area contributed by atoms with E-state index < -0.39 is 0 Å². The number of hydrogen-bond donors (Lipinski definition) is 2. The quantitative estimate of drug-likeness (QED) is 0.645. The lowest BCUT2D eigenvalue weighted by Gasteiger charge is -2.30. The Morgan fingerprint density at radius 3 is 2.45 bits per heavy atom. The van der Waals surface area contributed by atoms with Crippen LogP contribution in [-0.4, -0.2) is 17.3 Å². The summed E-state index contributed by atoms with van der Waals surface area (Å²) in [6, 6.07) is 4.90. The molecule has 1 rings (SSSR count). The number of aryl methyl sites for hydroxylation is 1. The summed E-state index contributed by atoms with van der Waals surface area (Å²) in [5.74, 6) is -0.240. The number of anilines is 1. The van der Waals surface area contributed by atoms with Crippen LogP contribution in [0.25, 0.3) is 0 Å². The standard InChI is InChI=1S/C17H28FNO/c1-4-5-6-7-8-9-17(3,13-20)19-16-11-14(2)10-15(18)12-16/h10-12,19-20H,4-9,13H2,1-3H3. The second-order valence-corrected chi connectivity index (χ2v) is 6.03. The highest BCUT2D eigenvalue weighted by Crippen LogP contribution is 2.23. The number of halogens is 1. The van der Waals surface area contributed by atoms with Crippen LogP contribution in [0.2, 0.25) is 0 Å². The van der Waals surface area contributed by atoms with E-state index in [9.17, 15) is 9.50 Å². The van der Waals surface area contributed by atoms with Crippen LogP contribution in [0, 0.1) is 12.7 Å². The van der Waals surface area contributed by atoms with E-state index in [-0.39, 0.29) is 18.0 Å². The summed E-state index contributed by atoms with van der Waals surface area (Å²) in [4.78, 5) is 0. The van der Waals surface area contributed by atoms with Crippen molar-refractivity contribution < 1.29 is 9.50 Å². The third-order valence-electron chi connectivity index (χ3n) is 3.67. The number of hydrogen-bond acceptors (Lipinski definition) is 2. The number of aliphatic hydroxyl groups is 1. The summed E-state index contributed by atoms with van der Waals surface area (Å²) >= 11 is 0. The van der Waals surface area contributed by atoms with Crippen molar-refractivity contribution in [2.75, 3.05) is 11.9 Å². The molecule has 1 unspecified atom stereocenters. The van der Waals surface area contributed by atoms with Gasteiger partial charge in [-0.25, -0.2) is 4.39 Å². The van der Waals surface area contributed by atoms with Gasteiger partial charge >= 0.3 is 0 Å². The van der Waals surface area contributed by atoms with Crippen LogP contribution < -0.4 is 5.32 Å². The van der Waals surface area contributed by atoms with Crippen LogP contribution in [-0.2, 0) is 0 Å². The molecule has 0 radical (unpaired) electrons. The molecular weight excluding hydrogens is 253 g/mol. The number of benzene rings is 1. The lowest BCUT2D eigenvalue weighted by Crippen LogP contribution is -2.38. The second kappa shape index (κ2) is 8.25. The first kappa shape index (κ1) is 17.0. The lowest BCUT2D eigenvalue weighted by atomic mass is 9.94. The van der Waals surface area contributed by atoms with Gasteiger partial charge in [-0.2, -0.15) is 0 Å². The normalized spacial score (nSPS) is 14.1. The molecule has 0 heterocycles. The Kier molecular flexibility index (Phi) is 7.00. The second-order valence-electron chi connectivity index (χ2n) is 6.03. The molecule has 2 N–H and O–H groups in total. The minimum Gasteiger partial charge on any atom is -0.394 e. The highest BCUT2D eigenvalue weighted by Gasteiger charge is 2.22. The molecule has 0 spiro atoms. The Morgan fingerprint density at radius 2 is 1.85 bits per heavy atom. The zero-order chi connectivity index (χ0) is 15.0. The van der Waals surface area contributed by atoms with Gasteiger partial charge in [0.1, 0.15) is 5.82 Å². The van der Waals surface area contributed by atoms with Gasteiger partial charge in [0.05, 0.1) is 12.1 Å². The first-order chi connectivity index (χ1) is 9.49. The van der Waals surface area contributed by atoms with Crippen molar-refractivity contribution in [2.24, 2.45) is 0 Å². The Labute approximate surface area is 122 Å². The monoisotopic (exact) mass is 281 g/mol. The maximum Gasteiger partial charge on any atom is 0.125 e. The molecule has 0 aliphatic rings. The highest BCUT2D eigenvalue weighted by atomic mass is 19.1. The predicted molar refractivity (Wildman–Crippen MR) is 83.6 cm³/mol. The van der Waals surface area contributed by atoms with Crippen molar-refractivity contribution in [3.63, 3.8) is 0 Å². The van der Waals surface area contributed by atoms with Gasteiger partial charge in [-0.3, -0.25) is 0 Å². The molecule has 0 saturated carbocycles. The summed E-state index contributed by atoms with van der Waals surface area (Å²) in [5, 5.41) is 12.9. The molecule has 1 aromatic rings. The van der Waals surface area contributed by atoms with E-state index in [1.54, 1.807) is 0 Å². The average Bonchev–Trinajstić information content (AvgIpc) is 2.37. The first-order valence-corrected chi connectivity index (χ1v) is 7.65. The molecule has 0 amide bonds. The van der Waals surface area contributed by atoms with Crippen LogP contribution in [0.15, 0.2) is 18.2 Å². The summed E-state index contributed by atoms with van der Waals surface area (Å²) in [7, 11) is 0. The topological polar surface area (TPSA) is 32.3 Å². The third-order valence-corrected chi connectivity index (χ3v) is 3.67. The molecule has 1 aromatic carbocycles. The molecule has 0 aromatic heterocycles. The van der Waals surface area contributed by atoms with Gasteiger partial charge < -0.3 is 10.4 Å². The van der Waals surface area contributed by atoms with E-state index >= 15 is 0 Å². The van der Waals surface area contributed by atoms with E-state index in [1.165, 1.54) is 37.8 Å². The van der Waals surface area contributed by atoms with Crippen molar-refractivity contribution >= 4 is 5.69 Å². The summed E-state index contributed by atoms with van der Waals surface area (Å²) in [5.41, 5.74) is 1.25.